The second-order valence-corrected chi connectivity index (χ2v) is 9.52. The molecule has 1 rings (SSSR count). The molecule has 0 aliphatic rings. The summed E-state index contributed by atoms with van der Waals surface area (Å²) in [4.78, 5) is 0.141. The zero-order chi connectivity index (χ0) is 16.3. The predicted octanol–water partition coefficient (Wildman–Crippen LogP) is 1.30. The van der Waals surface area contributed by atoms with Gasteiger partial charge < -0.3 is 4.57 Å². The summed E-state index contributed by atoms with van der Waals surface area (Å²) in [5.41, 5.74) is 0.730. The van der Waals surface area contributed by atoms with Crippen molar-refractivity contribution in [1.29, 1.82) is 0 Å². The van der Waals surface area contributed by atoms with Crippen LogP contribution in [-0.2, 0) is 32.3 Å². The van der Waals surface area contributed by atoms with Gasteiger partial charge in [-0.3, -0.25) is 0 Å². The molecule has 0 atom stereocenters. The summed E-state index contributed by atoms with van der Waals surface area (Å²) < 4.78 is 50.0. The van der Waals surface area contributed by atoms with Crippen LogP contribution in [-0.4, -0.2) is 51.3 Å². The van der Waals surface area contributed by atoms with Crippen molar-refractivity contribution in [2.24, 2.45) is 0 Å². The molecular weight excluding hydrogens is 336 g/mol. The standard InChI is InChI=1S/C12H21ClN2O4S2/c1-4-5-15-10-12(8-11(15)9-13)21(18,19)14(2)6-7-20(3,16)17/h8,10H,4-7,9H2,1-3H3. The SMILES string of the molecule is CCCn1cc(S(=O)(=O)N(C)CCS(C)(=O)=O)cc1CCl. The topological polar surface area (TPSA) is 76.5 Å². The summed E-state index contributed by atoms with van der Waals surface area (Å²) in [7, 11) is -5.54. The van der Waals surface area contributed by atoms with Crippen LogP contribution in [0, 0.1) is 0 Å². The van der Waals surface area contributed by atoms with Crippen molar-refractivity contribution in [3.63, 3.8) is 0 Å². The quantitative estimate of drug-likeness (QED) is 0.658. The Kier molecular flexibility index (Phi) is 6.27. The highest BCUT2D eigenvalue weighted by atomic mass is 35.5. The van der Waals surface area contributed by atoms with Crippen LogP contribution in [0.1, 0.15) is 19.0 Å². The lowest BCUT2D eigenvalue weighted by atomic mass is 10.4. The van der Waals surface area contributed by atoms with Crippen LogP contribution in [0.5, 0.6) is 0 Å². The van der Waals surface area contributed by atoms with E-state index >= 15 is 0 Å². The third kappa shape index (κ3) is 4.98. The Hall–Kier alpha value is -0.570. The minimum atomic E-state index is -3.70. The van der Waals surface area contributed by atoms with Crippen LogP contribution in [0.4, 0.5) is 0 Å². The number of aryl methyl sites for hydroxylation is 1. The number of sulfone groups is 1. The highest BCUT2D eigenvalue weighted by Crippen LogP contribution is 2.20. The van der Waals surface area contributed by atoms with Crippen LogP contribution in [0.25, 0.3) is 0 Å². The second-order valence-electron chi connectivity index (χ2n) is 4.95. The predicted molar refractivity (Wildman–Crippen MR) is 83.8 cm³/mol. The van der Waals surface area contributed by atoms with Gasteiger partial charge in [0.05, 0.1) is 11.6 Å². The lowest BCUT2D eigenvalue weighted by molar-refractivity contribution is 0.484. The van der Waals surface area contributed by atoms with Gasteiger partial charge >= 0.3 is 0 Å². The molecule has 0 N–H and O–H groups in total. The van der Waals surface area contributed by atoms with E-state index in [0.717, 1.165) is 22.7 Å². The van der Waals surface area contributed by atoms with Gasteiger partial charge in [-0.05, 0) is 12.5 Å². The molecule has 9 heteroatoms. The molecule has 0 radical (unpaired) electrons. The van der Waals surface area contributed by atoms with Crippen LogP contribution in [0.2, 0.25) is 0 Å². The monoisotopic (exact) mass is 356 g/mol. The minimum absolute atomic E-state index is 0.0731. The molecule has 0 aromatic carbocycles. The summed E-state index contributed by atoms with van der Waals surface area (Å²) in [6.07, 6.45) is 3.49. The number of halogens is 1. The van der Waals surface area contributed by atoms with Gasteiger partial charge in [0.15, 0.2) is 0 Å². The number of rotatable bonds is 8. The molecule has 0 amide bonds. The number of aromatic nitrogens is 1. The van der Waals surface area contributed by atoms with Crippen molar-refractivity contribution in [3.8, 4) is 0 Å². The van der Waals surface area contributed by atoms with E-state index in [1.165, 1.54) is 13.1 Å². The van der Waals surface area contributed by atoms with Crippen molar-refractivity contribution in [2.45, 2.75) is 30.7 Å². The summed E-state index contributed by atoms with van der Waals surface area (Å²) in [5, 5.41) is 0. The molecule has 1 aromatic heterocycles. The fourth-order valence-corrected chi connectivity index (χ4v) is 4.01. The number of sulfonamides is 1. The molecule has 0 saturated heterocycles. The fourth-order valence-electron chi connectivity index (χ4n) is 1.82. The number of hydrogen-bond acceptors (Lipinski definition) is 4. The molecule has 21 heavy (non-hydrogen) atoms. The molecule has 1 aromatic rings. The normalized spacial score (nSPS) is 13.0. The first kappa shape index (κ1) is 18.5. The number of hydrogen-bond donors (Lipinski definition) is 0. The first-order chi connectivity index (χ1) is 9.61. The largest absolute Gasteiger partial charge is 0.349 e. The summed E-state index contributed by atoms with van der Waals surface area (Å²) in [6.45, 7) is 2.60. The molecule has 0 aliphatic carbocycles. The van der Waals surface area contributed by atoms with Crippen LogP contribution >= 0.6 is 11.6 Å². The lowest BCUT2D eigenvalue weighted by Gasteiger charge is -2.15. The Morgan fingerprint density at radius 1 is 1.29 bits per heavy atom. The minimum Gasteiger partial charge on any atom is -0.349 e. The maximum absolute atomic E-state index is 12.4. The van der Waals surface area contributed by atoms with E-state index in [9.17, 15) is 16.8 Å². The average molecular weight is 357 g/mol. The van der Waals surface area contributed by atoms with E-state index in [1.54, 1.807) is 6.20 Å². The fraction of sp³-hybridized carbons (Fsp3) is 0.667. The summed E-state index contributed by atoms with van der Waals surface area (Å²) in [5.74, 6) is 0.0172. The van der Waals surface area contributed by atoms with Gasteiger partial charge in [-0.2, -0.15) is 4.31 Å². The van der Waals surface area contributed by atoms with E-state index in [2.05, 4.69) is 0 Å². The van der Waals surface area contributed by atoms with Crippen LogP contribution in [0.15, 0.2) is 17.2 Å². The molecule has 0 fully saturated rings. The maximum Gasteiger partial charge on any atom is 0.244 e. The highest BCUT2D eigenvalue weighted by molar-refractivity contribution is 7.91. The van der Waals surface area contributed by atoms with Crippen molar-refractivity contribution >= 4 is 31.5 Å². The van der Waals surface area contributed by atoms with Crippen molar-refractivity contribution in [2.75, 3.05) is 25.6 Å². The summed E-state index contributed by atoms with van der Waals surface area (Å²) >= 11 is 5.82. The van der Waals surface area contributed by atoms with E-state index < -0.39 is 19.9 Å². The summed E-state index contributed by atoms with van der Waals surface area (Å²) in [6, 6.07) is 1.54. The average Bonchev–Trinajstić information content (AvgIpc) is 2.79. The van der Waals surface area contributed by atoms with E-state index in [-0.39, 0.29) is 23.1 Å². The van der Waals surface area contributed by atoms with Crippen molar-refractivity contribution < 1.29 is 16.8 Å². The molecule has 122 valence electrons. The van der Waals surface area contributed by atoms with Gasteiger partial charge in [-0.25, -0.2) is 16.8 Å². The molecule has 0 aliphatic heterocycles. The Bertz CT molecular complexity index is 680. The Labute approximate surface area is 131 Å². The van der Waals surface area contributed by atoms with Gasteiger partial charge in [0.1, 0.15) is 14.7 Å². The lowest BCUT2D eigenvalue weighted by Crippen LogP contribution is -2.31. The van der Waals surface area contributed by atoms with Gasteiger partial charge in [0.2, 0.25) is 10.0 Å². The van der Waals surface area contributed by atoms with Crippen LogP contribution < -0.4 is 0 Å². The Balaban J connectivity index is 3.01. The molecule has 1 heterocycles. The first-order valence-electron chi connectivity index (χ1n) is 6.51. The molecule has 0 bridgehead atoms. The van der Waals surface area contributed by atoms with Gasteiger partial charge in [-0.15, -0.1) is 11.6 Å². The highest BCUT2D eigenvalue weighted by Gasteiger charge is 2.24. The van der Waals surface area contributed by atoms with Gasteiger partial charge in [0.25, 0.3) is 0 Å². The molecule has 0 saturated carbocycles. The molecule has 6 nitrogen and oxygen atoms in total. The van der Waals surface area contributed by atoms with E-state index in [1.807, 2.05) is 11.5 Å². The molecule has 0 unspecified atom stereocenters. The van der Waals surface area contributed by atoms with Crippen molar-refractivity contribution in [1.82, 2.24) is 8.87 Å². The Morgan fingerprint density at radius 3 is 2.38 bits per heavy atom. The van der Waals surface area contributed by atoms with Gasteiger partial charge in [-0.1, -0.05) is 6.92 Å². The first-order valence-corrected chi connectivity index (χ1v) is 10.5. The zero-order valence-corrected chi connectivity index (χ0v) is 14.8. The second kappa shape index (κ2) is 7.13. The zero-order valence-electron chi connectivity index (χ0n) is 12.4. The third-order valence-corrected chi connectivity index (χ3v) is 6.07. The Morgan fingerprint density at radius 2 is 1.90 bits per heavy atom. The number of alkyl halides is 1. The van der Waals surface area contributed by atoms with Crippen LogP contribution in [0.3, 0.4) is 0 Å². The van der Waals surface area contributed by atoms with Gasteiger partial charge in [0, 0.05) is 38.3 Å². The molecule has 0 spiro atoms. The smallest absolute Gasteiger partial charge is 0.244 e. The van der Waals surface area contributed by atoms with E-state index in [0.29, 0.717) is 6.54 Å². The van der Waals surface area contributed by atoms with E-state index in [4.69, 9.17) is 11.6 Å². The number of nitrogens with zero attached hydrogens (tertiary/aromatic N) is 2. The molecular formula is C12H21ClN2O4S2. The maximum atomic E-state index is 12.4. The van der Waals surface area contributed by atoms with Crippen molar-refractivity contribution in [3.05, 3.63) is 18.0 Å². The third-order valence-electron chi connectivity index (χ3n) is 3.05.